The summed E-state index contributed by atoms with van der Waals surface area (Å²) in [6.45, 7) is 7.01. The molecule has 0 radical (unpaired) electrons. The Morgan fingerprint density at radius 1 is 1.14 bits per heavy atom. The molecule has 2 aromatic heterocycles. The summed E-state index contributed by atoms with van der Waals surface area (Å²) in [7, 11) is 0. The Morgan fingerprint density at radius 2 is 1.94 bits per heavy atom. The molecule has 1 saturated heterocycles. The number of fused-ring (bicyclic) bond motifs is 1. The van der Waals surface area contributed by atoms with Crippen LogP contribution in [-0.4, -0.2) is 40.8 Å². The molecular formula is C28H29N3O3S. The highest BCUT2D eigenvalue weighted by atomic mass is 32.1. The van der Waals surface area contributed by atoms with Crippen LogP contribution >= 0.6 is 11.3 Å². The van der Waals surface area contributed by atoms with Crippen molar-refractivity contribution in [1.82, 2.24) is 15.2 Å². The van der Waals surface area contributed by atoms with Crippen molar-refractivity contribution in [2.45, 2.75) is 39.7 Å². The number of carbonyl (C=O) groups excluding carboxylic acids is 2. The van der Waals surface area contributed by atoms with Gasteiger partial charge >= 0.3 is 0 Å². The van der Waals surface area contributed by atoms with E-state index in [1.807, 2.05) is 73.3 Å². The molecule has 0 spiro atoms. The maximum atomic E-state index is 13.8. The number of hydrogen-bond donors (Lipinski definition) is 1. The van der Waals surface area contributed by atoms with Gasteiger partial charge in [-0.25, -0.2) is 4.98 Å². The molecule has 5 rings (SSSR count). The predicted octanol–water partition coefficient (Wildman–Crippen LogP) is 5.84. The first-order chi connectivity index (χ1) is 16.9. The third kappa shape index (κ3) is 4.60. The van der Waals surface area contributed by atoms with E-state index in [2.05, 4.69) is 17.2 Å². The van der Waals surface area contributed by atoms with E-state index in [1.54, 1.807) is 11.3 Å². The van der Waals surface area contributed by atoms with E-state index >= 15 is 0 Å². The zero-order valence-corrected chi connectivity index (χ0v) is 21.0. The van der Waals surface area contributed by atoms with Crippen LogP contribution in [0.2, 0.25) is 0 Å². The second-order valence-corrected chi connectivity index (χ2v) is 10.4. The smallest absolute Gasteiger partial charge is 0.274 e. The molecule has 0 bridgehead atoms. The van der Waals surface area contributed by atoms with Gasteiger partial charge in [0.05, 0.1) is 21.5 Å². The van der Waals surface area contributed by atoms with Gasteiger partial charge in [-0.3, -0.25) is 9.59 Å². The van der Waals surface area contributed by atoms with E-state index in [0.29, 0.717) is 29.9 Å². The Bertz CT molecular complexity index is 1370. The minimum atomic E-state index is -0.156. The average Bonchev–Trinajstić information content (AvgIpc) is 3.44. The quantitative estimate of drug-likeness (QED) is 0.383. The summed E-state index contributed by atoms with van der Waals surface area (Å²) in [6.07, 6.45) is 1.96. The van der Waals surface area contributed by atoms with Gasteiger partial charge in [-0.1, -0.05) is 43.3 Å². The fourth-order valence-electron chi connectivity index (χ4n) is 4.98. The lowest BCUT2D eigenvalue weighted by Crippen LogP contribution is -2.53. The fraction of sp³-hybridized carbons (Fsp3) is 0.321. The highest BCUT2D eigenvalue weighted by Gasteiger charge is 2.35. The first kappa shape index (κ1) is 23.3. The van der Waals surface area contributed by atoms with Crippen LogP contribution in [-0.2, 0) is 0 Å². The summed E-state index contributed by atoms with van der Waals surface area (Å²) < 4.78 is 5.68. The molecule has 1 N–H and O–H groups in total. The molecule has 2 unspecified atom stereocenters. The largest absolute Gasteiger partial charge is 0.461 e. The molecular weight excluding hydrogens is 458 g/mol. The standard InChI is InChI=1S/C28H29N3O3S/c1-17-9-8-14-31(28(33)25-26(35-19(3)30-25)20-10-5-4-6-11-20)23(17)16-29-27(32)21-12-7-13-24-22(21)15-18(2)34-24/h4-7,10-13,15,17,23H,8-9,14,16H2,1-3H3,(H,29,32). The van der Waals surface area contributed by atoms with Gasteiger partial charge < -0.3 is 14.6 Å². The van der Waals surface area contributed by atoms with E-state index in [-0.39, 0.29) is 23.8 Å². The summed E-state index contributed by atoms with van der Waals surface area (Å²) in [6, 6.07) is 17.2. The Morgan fingerprint density at radius 3 is 2.74 bits per heavy atom. The third-order valence-electron chi connectivity index (χ3n) is 6.75. The molecule has 35 heavy (non-hydrogen) atoms. The number of aromatic nitrogens is 1. The summed E-state index contributed by atoms with van der Waals surface area (Å²) in [5.41, 5.74) is 2.79. The van der Waals surface area contributed by atoms with E-state index in [9.17, 15) is 9.59 Å². The van der Waals surface area contributed by atoms with Crippen LogP contribution in [0.25, 0.3) is 21.4 Å². The Kier molecular flexibility index (Phi) is 6.43. The van der Waals surface area contributed by atoms with Crippen LogP contribution in [0.15, 0.2) is 59.0 Å². The van der Waals surface area contributed by atoms with Crippen molar-refractivity contribution in [3.05, 3.63) is 76.6 Å². The molecule has 180 valence electrons. The number of thiazole rings is 1. The van der Waals surface area contributed by atoms with Crippen molar-refractivity contribution in [1.29, 1.82) is 0 Å². The molecule has 0 aliphatic carbocycles. The van der Waals surface area contributed by atoms with Crippen LogP contribution in [0.4, 0.5) is 0 Å². The maximum absolute atomic E-state index is 13.8. The minimum absolute atomic E-state index is 0.0634. The zero-order valence-electron chi connectivity index (χ0n) is 20.2. The Hall–Kier alpha value is -3.45. The highest BCUT2D eigenvalue weighted by Crippen LogP contribution is 2.33. The van der Waals surface area contributed by atoms with Gasteiger partial charge in [0.1, 0.15) is 17.0 Å². The fourth-order valence-corrected chi connectivity index (χ4v) is 5.90. The summed E-state index contributed by atoms with van der Waals surface area (Å²) in [5, 5.41) is 4.77. The zero-order chi connectivity index (χ0) is 24.5. The Balaban J connectivity index is 1.38. The maximum Gasteiger partial charge on any atom is 0.274 e. The molecule has 4 aromatic rings. The van der Waals surface area contributed by atoms with Crippen molar-refractivity contribution in [2.24, 2.45) is 5.92 Å². The number of furan rings is 1. The van der Waals surface area contributed by atoms with Gasteiger partial charge in [0.15, 0.2) is 0 Å². The molecule has 1 aliphatic heterocycles. The number of rotatable bonds is 5. The SMILES string of the molecule is Cc1cc2c(C(=O)NCC3C(C)CCCN3C(=O)c3nc(C)sc3-c3ccccc3)cccc2o1. The molecule has 6 nitrogen and oxygen atoms in total. The number of hydrogen-bond acceptors (Lipinski definition) is 5. The summed E-state index contributed by atoms with van der Waals surface area (Å²) in [4.78, 5) is 34.4. The number of likely N-dealkylation sites (tertiary alicyclic amines) is 1. The molecule has 1 aliphatic rings. The summed E-state index contributed by atoms with van der Waals surface area (Å²) >= 11 is 1.54. The molecule has 7 heteroatoms. The van der Waals surface area contributed by atoms with E-state index in [4.69, 9.17) is 4.42 Å². The van der Waals surface area contributed by atoms with Crippen molar-refractivity contribution < 1.29 is 14.0 Å². The molecule has 1 fully saturated rings. The van der Waals surface area contributed by atoms with Crippen LogP contribution in [0.3, 0.4) is 0 Å². The normalized spacial score (nSPS) is 18.1. The van der Waals surface area contributed by atoms with Gasteiger partial charge in [0.25, 0.3) is 11.8 Å². The first-order valence-corrected chi connectivity index (χ1v) is 12.8. The number of amides is 2. The number of nitrogens with one attached hydrogen (secondary N) is 1. The van der Waals surface area contributed by atoms with Crippen LogP contribution < -0.4 is 5.32 Å². The van der Waals surface area contributed by atoms with E-state index in [1.165, 1.54) is 0 Å². The topological polar surface area (TPSA) is 75.4 Å². The van der Waals surface area contributed by atoms with E-state index in [0.717, 1.165) is 39.4 Å². The predicted molar refractivity (Wildman–Crippen MR) is 139 cm³/mol. The number of carbonyl (C=O) groups is 2. The lowest BCUT2D eigenvalue weighted by molar-refractivity contribution is 0.0503. The van der Waals surface area contributed by atoms with Crippen LogP contribution in [0, 0.1) is 19.8 Å². The van der Waals surface area contributed by atoms with Crippen LogP contribution in [0.5, 0.6) is 0 Å². The lowest BCUT2D eigenvalue weighted by Gasteiger charge is -2.40. The third-order valence-corrected chi connectivity index (χ3v) is 7.77. The van der Waals surface area contributed by atoms with Gasteiger partial charge in [-0.2, -0.15) is 0 Å². The molecule has 3 heterocycles. The van der Waals surface area contributed by atoms with Crippen molar-refractivity contribution >= 4 is 34.1 Å². The van der Waals surface area contributed by atoms with Gasteiger partial charge in [0, 0.05) is 18.5 Å². The molecule has 0 saturated carbocycles. The first-order valence-electron chi connectivity index (χ1n) is 12.0. The monoisotopic (exact) mass is 487 g/mol. The minimum Gasteiger partial charge on any atom is -0.461 e. The second-order valence-electron chi connectivity index (χ2n) is 9.25. The van der Waals surface area contributed by atoms with Gasteiger partial charge in [0.2, 0.25) is 0 Å². The van der Waals surface area contributed by atoms with E-state index < -0.39 is 0 Å². The number of piperidine rings is 1. The highest BCUT2D eigenvalue weighted by molar-refractivity contribution is 7.15. The van der Waals surface area contributed by atoms with Crippen molar-refractivity contribution in [2.75, 3.05) is 13.1 Å². The number of aryl methyl sites for hydroxylation is 2. The summed E-state index contributed by atoms with van der Waals surface area (Å²) in [5.74, 6) is 0.813. The molecule has 2 aromatic carbocycles. The molecule has 2 amide bonds. The number of nitrogens with zero attached hydrogens (tertiary/aromatic N) is 2. The number of benzene rings is 2. The van der Waals surface area contributed by atoms with Crippen molar-refractivity contribution in [3.63, 3.8) is 0 Å². The average molecular weight is 488 g/mol. The second kappa shape index (κ2) is 9.66. The lowest BCUT2D eigenvalue weighted by atomic mass is 9.90. The van der Waals surface area contributed by atoms with Gasteiger partial charge in [-0.05, 0) is 56.4 Å². The molecule has 2 atom stereocenters. The van der Waals surface area contributed by atoms with Gasteiger partial charge in [-0.15, -0.1) is 11.3 Å². The van der Waals surface area contributed by atoms with Crippen LogP contribution in [0.1, 0.15) is 51.4 Å². The Labute approximate surface area is 209 Å². The van der Waals surface area contributed by atoms with Crippen molar-refractivity contribution in [3.8, 4) is 10.4 Å².